The number of piperidine rings is 1. The molecule has 0 aliphatic carbocycles. The molecule has 2 saturated heterocycles. The lowest BCUT2D eigenvalue weighted by molar-refractivity contribution is -0.131. The molecule has 0 saturated carbocycles. The van der Waals surface area contributed by atoms with Crippen LogP contribution in [0, 0.1) is 0 Å². The summed E-state index contributed by atoms with van der Waals surface area (Å²) in [6.07, 6.45) is 4.82. The summed E-state index contributed by atoms with van der Waals surface area (Å²) in [7, 11) is 2.01. The summed E-state index contributed by atoms with van der Waals surface area (Å²) in [5.41, 5.74) is 0. The van der Waals surface area contributed by atoms with Gasteiger partial charge in [-0.1, -0.05) is 0 Å². The highest BCUT2D eigenvalue weighted by Crippen LogP contribution is 2.12. The molecule has 1 amide bonds. The van der Waals surface area contributed by atoms with Gasteiger partial charge in [0.15, 0.2) is 0 Å². The molecular formula is C12H23N3O. The molecule has 0 bridgehead atoms. The van der Waals surface area contributed by atoms with Gasteiger partial charge in [0.2, 0.25) is 5.91 Å². The first-order chi connectivity index (χ1) is 7.79. The molecule has 2 heterocycles. The van der Waals surface area contributed by atoms with Gasteiger partial charge in [0, 0.05) is 25.7 Å². The molecule has 2 fully saturated rings. The van der Waals surface area contributed by atoms with Crippen LogP contribution in [0.4, 0.5) is 0 Å². The van der Waals surface area contributed by atoms with Gasteiger partial charge in [-0.3, -0.25) is 9.69 Å². The van der Waals surface area contributed by atoms with Gasteiger partial charge in [-0.2, -0.15) is 0 Å². The molecule has 0 spiro atoms. The van der Waals surface area contributed by atoms with Gasteiger partial charge in [0.1, 0.15) is 0 Å². The number of hydrogen-bond donors (Lipinski definition) is 1. The van der Waals surface area contributed by atoms with Crippen molar-refractivity contribution in [1.29, 1.82) is 0 Å². The van der Waals surface area contributed by atoms with E-state index in [0.717, 1.165) is 26.2 Å². The summed E-state index contributed by atoms with van der Waals surface area (Å²) in [4.78, 5) is 16.3. The molecule has 0 aromatic rings. The van der Waals surface area contributed by atoms with Crippen molar-refractivity contribution in [3.05, 3.63) is 0 Å². The number of carbonyl (C=O) groups excluding carboxylic acids is 1. The fourth-order valence-electron chi connectivity index (χ4n) is 2.69. The standard InChI is InChI=1S/C12H23N3O/c1-13-11-5-4-6-14(9-11)10-12(16)15-7-2-3-8-15/h11,13H,2-10H2,1H3. The van der Waals surface area contributed by atoms with Crippen LogP contribution >= 0.6 is 0 Å². The Balaban J connectivity index is 1.77. The number of likely N-dealkylation sites (tertiary alicyclic amines) is 2. The van der Waals surface area contributed by atoms with Crippen molar-refractivity contribution in [3.8, 4) is 0 Å². The first-order valence-electron chi connectivity index (χ1n) is 6.47. The van der Waals surface area contributed by atoms with Crippen LogP contribution in [0.3, 0.4) is 0 Å². The molecule has 16 heavy (non-hydrogen) atoms. The van der Waals surface area contributed by atoms with Crippen LogP contribution in [0.2, 0.25) is 0 Å². The Morgan fingerprint density at radius 1 is 1.25 bits per heavy atom. The molecule has 0 aromatic carbocycles. The van der Waals surface area contributed by atoms with E-state index in [4.69, 9.17) is 0 Å². The van der Waals surface area contributed by atoms with E-state index in [9.17, 15) is 4.79 Å². The van der Waals surface area contributed by atoms with Crippen LogP contribution in [-0.2, 0) is 4.79 Å². The zero-order chi connectivity index (χ0) is 11.4. The Kier molecular flexibility index (Phi) is 4.18. The second-order valence-corrected chi connectivity index (χ2v) is 4.95. The van der Waals surface area contributed by atoms with Crippen molar-refractivity contribution in [1.82, 2.24) is 15.1 Å². The Labute approximate surface area is 98.0 Å². The van der Waals surface area contributed by atoms with Crippen LogP contribution < -0.4 is 5.32 Å². The minimum Gasteiger partial charge on any atom is -0.342 e. The van der Waals surface area contributed by atoms with Crippen LogP contribution in [0.1, 0.15) is 25.7 Å². The van der Waals surface area contributed by atoms with Crippen LogP contribution in [-0.4, -0.2) is 61.5 Å². The zero-order valence-corrected chi connectivity index (χ0v) is 10.2. The minimum absolute atomic E-state index is 0.328. The van der Waals surface area contributed by atoms with Crippen molar-refractivity contribution < 1.29 is 4.79 Å². The van der Waals surface area contributed by atoms with E-state index >= 15 is 0 Å². The number of nitrogens with one attached hydrogen (secondary N) is 1. The number of carbonyl (C=O) groups is 1. The Morgan fingerprint density at radius 3 is 2.69 bits per heavy atom. The second kappa shape index (κ2) is 5.64. The average Bonchev–Trinajstić information content (AvgIpc) is 2.83. The Bertz CT molecular complexity index is 238. The lowest BCUT2D eigenvalue weighted by Crippen LogP contribution is -2.48. The summed E-state index contributed by atoms with van der Waals surface area (Å²) < 4.78 is 0. The molecule has 4 heteroatoms. The highest BCUT2D eigenvalue weighted by Gasteiger charge is 2.23. The summed E-state index contributed by atoms with van der Waals surface area (Å²) in [6.45, 7) is 4.68. The van der Waals surface area contributed by atoms with Crippen molar-refractivity contribution in [2.75, 3.05) is 39.8 Å². The van der Waals surface area contributed by atoms with Crippen molar-refractivity contribution >= 4 is 5.91 Å². The molecule has 2 aliphatic heterocycles. The number of rotatable bonds is 3. The second-order valence-electron chi connectivity index (χ2n) is 4.95. The maximum Gasteiger partial charge on any atom is 0.236 e. The monoisotopic (exact) mass is 225 g/mol. The van der Waals surface area contributed by atoms with Gasteiger partial charge in [-0.15, -0.1) is 0 Å². The van der Waals surface area contributed by atoms with Gasteiger partial charge >= 0.3 is 0 Å². The summed E-state index contributed by atoms with van der Waals surface area (Å²) in [5.74, 6) is 0.328. The molecule has 0 aromatic heterocycles. The highest BCUT2D eigenvalue weighted by molar-refractivity contribution is 5.78. The Hall–Kier alpha value is -0.610. The molecule has 0 radical (unpaired) electrons. The lowest BCUT2D eigenvalue weighted by Gasteiger charge is -2.32. The van der Waals surface area contributed by atoms with E-state index < -0.39 is 0 Å². The van der Waals surface area contributed by atoms with Gasteiger partial charge in [0.25, 0.3) is 0 Å². The topological polar surface area (TPSA) is 35.6 Å². The fourth-order valence-corrected chi connectivity index (χ4v) is 2.69. The molecule has 4 nitrogen and oxygen atoms in total. The third-order valence-electron chi connectivity index (χ3n) is 3.73. The lowest BCUT2D eigenvalue weighted by atomic mass is 10.1. The predicted octanol–water partition coefficient (Wildman–Crippen LogP) is 0.293. The zero-order valence-electron chi connectivity index (χ0n) is 10.2. The summed E-state index contributed by atoms with van der Waals surface area (Å²) in [6, 6.07) is 0.570. The molecule has 1 unspecified atom stereocenters. The third-order valence-corrected chi connectivity index (χ3v) is 3.73. The van der Waals surface area contributed by atoms with Gasteiger partial charge < -0.3 is 10.2 Å². The van der Waals surface area contributed by atoms with E-state index in [1.54, 1.807) is 0 Å². The highest BCUT2D eigenvalue weighted by atomic mass is 16.2. The average molecular weight is 225 g/mol. The summed E-state index contributed by atoms with van der Waals surface area (Å²) in [5, 5.41) is 3.31. The fraction of sp³-hybridized carbons (Fsp3) is 0.917. The summed E-state index contributed by atoms with van der Waals surface area (Å²) >= 11 is 0. The Morgan fingerprint density at radius 2 is 2.00 bits per heavy atom. The van der Waals surface area contributed by atoms with Gasteiger partial charge in [-0.25, -0.2) is 0 Å². The molecule has 2 aliphatic rings. The van der Waals surface area contributed by atoms with Crippen molar-refractivity contribution in [3.63, 3.8) is 0 Å². The maximum absolute atomic E-state index is 12.0. The molecule has 1 N–H and O–H groups in total. The first kappa shape index (κ1) is 11.9. The van der Waals surface area contributed by atoms with E-state index in [1.807, 2.05) is 11.9 Å². The number of hydrogen-bond acceptors (Lipinski definition) is 3. The number of amides is 1. The van der Waals surface area contributed by atoms with E-state index in [-0.39, 0.29) is 0 Å². The van der Waals surface area contributed by atoms with Gasteiger partial charge in [0.05, 0.1) is 6.54 Å². The molecular weight excluding hydrogens is 202 g/mol. The number of likely N-dealkylation sites (N-methyl/N-ethyl adjacent to an activating group) is 1. The van der Waals surface area contributed by atoms with Crippen LogP contribution in [0.25, 0.3) is 0 Å². The molecule has 92 valence electrons. The minimum atomic E-state index is 0.328. The SMILES string of the molecule is CNC1CCCN(CC(=O)N2CCCC2)C1. The van der Waals surface area contributed by atoms with Crippen LogP contribution in [0.15, 0.2) is 0 Å². The van der Waals surface area contributed by atoms with E-state index in [1.165, 1.54) is 25.7 Å². The quantitative estimate of drug-likeness (QED) is 0.750. The van der Waals surface area contributed by atoms with E-state index in [0.29, 0.717) is 18.5 Å². The van der Waals surface area contributed by atoms with Crippen molar-refractivity contribution in [2.24, 2.45) is 0 Å². The third kappa shape index (κ3) is 2.95. The first-order valence-corrected chi connectivity index (χ1v) is 6.47. The predicted molar refractivity (Wildman–Crippen MR) is 64.3 cm³/mol. The smallest absolute Gasteiger partial charge is 0.236 e. The van der Waals surface area contributed by atoms with E-state index in [2.05, 4.69) is 10.2 Å². The molecule has 2 rings (SSSR count). The van der Waals surface area contributed by atoms with Gasteiger partial charge in [-0.05, 0) is 39.3 Å². The number of nitrogens with zero attached hydrogens (tertiary/aromatic N) is 2. The largest absolute Gasteiger partial charge is 0.342 e. The normalized spacial score (nSPS) is 27.3. The van der Waals surface area contributed by atoms with Crippen molar-refractivity contribution in [2.45, 2.75) is 31.7 Å². The maximum atomic E-state index is 12.0. The van der Waals surface area contributed by atoms with Crippen LogP contribution in [0.5, 0.6) is 0 Å². The molecule has 1 atom stereocenters.